The molecule has 3 N–H and O–H groups in total. The van der Waals surface area contributed by atoms with Crippen LogP contribution in [0.5, 0.6) is 11.5 Å². The maximum absolute atomic E-state index is 13.4. The van der Waals surface area contributed by atoms with E-state index in [-0.39, 0.29) is 23.0 Å². The molecule has 11 heteroatoms. The van der Waals surface area contributed by atoms with Gasteiger partial charge in [-0.1, -0.05) is 43.6 Å². The second kappa shape index (κ2) is 11.7. The van der Waals surface area contributed by atoms with E-state index in [1.165, 1.54) is 12.1 Å². The highest BCUT2D eigenvalue weighted by molar-refractivity contribution is 7.46. The second-order valence-electron chi connectivity index (χ2n) is 8.95. The Balaban J connectivity index is 2.59. The van der Waals surface area contributed by atoms with E-state index in [9.17, 15) is 27.6 Å². The Bertz CT molecular complexity index is 1010. The van der Waals surface area contributed by atoms with Gasteiger partial charge in [-0.25, -0.2) is 9.36 Å². The first-order valence-corrected chi connectivity index (χ1v) is 12.9. The number of aromatic hydroxyl groups is 1. The summed E-state index contributed by atoms with van der Waals surface area (Å²) in [6.45, 7) is 9.69. The van der Waals surface area contributed by atoms with Gasteiger partial charge in [-0.05, 0) is 63.1 Å². The Labute approximate surface area is 202 Å². The van der Waals surface area contributed by atoms with Crippen LogP contribution in [0.1, 0.15) is 69.9 Å². The molecular weight excluding hydrogens is 488 g/mol. The summed E-state index contributed by atoms with van der Waals surface area (Å²) in [5.74, 6) is -3.30. The van der Waals surface area contributed by atoms with Gasteiger partial charge in [0.25, 0.3) is 6.10 Å². The van der Waals surface area contributed by atoms with Crippen molar-refractivity contribution in [3.05, 3.63) is 47.1 Å². The van der Waals surface area contributed by atoms with Crippen molar-refractivity contribution in [1.29, 1.82) is 0 Å². The fraction of sp³-hybridized carbons (Fsp3) is 0.542. The van der Waals surface area contributed by atoms with E-state index in [4.69, 9.17) is 14.5 Å². The van der Waals surface area contributed by atoms with Gasteiger partial charge < -0.3 is 19.6 Å². The number of hydrogen-bond acceptors (Lipinski definition) is 5. The number of allylic oxidation sites excluding steroid dienone is 3. The average molecular weight is 520 g/mol. The van der Waals surface area contributed by atoms with Crippen molar-refractivity contribution in [2.24, 2.45) is 5.92 Å². The number of alkyl halides is 3. The van der Waals surface area contributed by atoms with E-state index in [0.29, 0.717) is 18.4 Å². The van der Waals surface area contributed by atoms with Crippen molar-refractivity contribution in [2.75, 3.05) is 0 Å². The smallest absolute Gasteiger partial charge is 0.470 e. The minimum absolute atomic E-state index is 0.113. The van der Waals surface area contributed by atoms with Gasteiger partial charge in [0.15, 0.2) is 0 Å². The lowest BCUT2D eigenvalue weighted by atomic mass is 9.73. The highest BCUT2D eigenvalue weighted by Gasteiger charge is 2.51. The van der Waals surface area contributed by atoms with E-state index >= 15 is 0 Å². The van der Waals surface area contributed by atoms with Gasteiger partial charge in [0.2, 0.25) is 0 Å². The zero-order valence-electron chi connectivity index (χ0n) is 20.0. The van der Waals surface area contributed by atoms with Gasteiger partial charge in [0.05, 0.1) is 0 Å². The van der Waals surface area contributed by atoms with Gasteiger partial charge in [0.1, 0.15) is 11.5 Å². The summed E-state index contributed by atoms with van der Waals surface area (Å²) in [4.78, 5) is 30.3. The third-order valence-corrected chi connectivity index (χ3v) is 6.41. The molecule has 0 saturated carbocycles. The lowest BCUT2D eigenvalue weighted by Gasteiger charge is -2.32. The summed E-state index contributed by atoms with van der Waals surface area (Å²) < 4.78 is 60.1. The quantitative estimate of drug-likeness (QED) is 0.113. The summed E-state index contributed by atoms with van der Waals surface area (Å²) in [5.41, 5.74) is 2.45. The van der Waals surface area contributed by atoms with Crippen molar-refractivity contribution in [3.8, 4) is 11.5 Å². The SMILES string of the molecule is C=C(C)[C@@H]1CCC(C)=C[C@H]1c1c(O)cc(CCCCC)cc1OC(=O)C(OP(=O)(O)O)C(F)(F)F. The zero-order chi connectivity index (χ0) is 26.6. The molecule has 0 fully saturated rings. The van der Waals surface area contributed by atoms with Crippen LogP contribution in [-0.2, 0) is 20.3 Å². The predicted octanol–water partition coefficient (Wildman–Crippen LogP) is 6.09. The van der Waals surface area contributed by atoms with Gasteiger partial charge in [-0.3, -0.25) is 4.52 Å². The summed E-state index contributed by atoms with van der Waals surface area (Å²) >= 11 is 0. The molecule has 0 amide bonds. The number of phosphoric ester groups is 1. The number of phosphoric acid groups is 1. The Morgan fingerprint density at radius 1 is 1.29 bits per heavy atom. The number of carbonyl (C=O) groups excluding carboxylic acids is 1. The molecule has 0 aliphatic heterocycles. The lowest BCUT2D eigenvalue weighted by molar-refractivity contribution is -0.209. The van der Waals surface area contributed by atoms with Crippen LogP contribution in [0.3, 0.4) is 0 Å². The van der Waals surface area contributed by atoms with E-state index in [1.54, 1.807) is 0 Å². The number of ether oxygens (including phenoxy) is 1. The highest BCUT2D eigenvalue weighted by atomic mass is 31.2. The first kappa shape index (κ1) is 29.1. The van der Waals surface area contributed by atoms with Crippen LogP contribution in [0, 0.1) is 5.92 Å². The summed E-state index contributed by atoms with van der Waals surface area (Å²) in [5, 5.41) is 10.9. The van der Waals surface area contributed by atoms with E-state index in [2.05, 4.69) is 11.1 Å². The highest BCUT2D eigenvalue weighted by Crippen LogP contribution is 2.48. The van der Waals surface area contributed by atoms with Gasteiger partial charge in [-0.2, -0.15) is 13.2 Å². The van der Waals surface area contributed by atoms with Crippen LogP contribution in [0.4, 0.5) is 13.2 Å². The van der Waals surface area contributed by atoms with Crippen LogP contribution < -0.4 is 4.74 Å². The Kier molecular flexibility index (Phi) is 9.76. The predicted molar refractivity (Wildman–Crippen MR) is 124 cm³/mol. The first-order valence-electron chi connectivity index (χ1n) is 11.3. The standard InChI is InChI=1S/C24H32F3O7P/c1-5-6-7-8-16-12-19(28)21(18-11-15(4)9-10-17(18)14(2)3)20(13-16)33-23(29)22(24(25,26)27)34-35(30,31)32/h11-13,17-18,22,28H,2,5-10H2,1,3-4H3,(H2,30,31,32)/t17-,18+,22?/m0/s1. The first-order chi connectivity index (χ1) is 16.1. The number of unbranched alkanes of at least 4 members (excludes halogenated alkanes) is 2. The molecule has 35 heavy (non-hydrogen) atoms. The van der Waals surface area contributed by atoms with Crippen molar-refractivity contribution in [3.63, 3.8) is 0 Å². The molecule has 1 aliphatic rings. The van der Waals surface area contributed by atoms with E-state index < -0.39 is 32.0 Å². The Hall–Kier alpha value is -2.13. The summed E-state index contributed by atoms with van der Waals surface area (Å²) in [7, 11) is -5.68. The number of halogens is 3. The summed E-state index contributed by atoms with van der Waals surface area (Å²) in [6, 6.07) is 2.89. The van der Waals surface area contributed by atoms with Crippen LogP contribution in [-0.4, -0.2) is 33.1 Å². The molecular formula is C24H32F3O7P. The molecule has 0 radical (unpaired) electrons. The number of phenols is 1. The van der Waals surface area contributed by atoms with Crippen molar-refractivity contribution < 1.29 is 46.7 Å². The van der Waals surface area contributed by atoms with Crippen molar-refractivity contribution >= 4 is 13.8 Å². The van der Waals surface area contributed by atoms with Crippen LogP contribution >= 0.6 is 7.82 Å². The van der Waals surface area contributed by atoms with Gasteiger partial charge >= 0.3 is 20.0 Å². The van der Waals surface area contributed by atoms with E-state index in [0.717, 1.165) is 36.8 Å². The molecule has 1 aromatic rings. The average Bonchev–Trinajstić information content (AvgIpc) is 2.70. The van der Waals surface area contributed by atoms with Crippen LogP contribution in [0.25, 0.3) is 0 Å². The monoisotopic (exact) mass is 520 g/mol. The zero-order valence-corrected chi connectivity index (χ0v) is 20.9. The molecule has 196 valence electrons. The number of benzene rings is 1. The largest absolute Gasteiger partial charge is 0.507 e. The normalized spacial score (nSPS) is 19.7. The van der Waals surface area contributed by atoms with E-state index in [1.807, 2.05) is 26.8 Å². The second-order valence-corrected chi connectivity index (χ2v) is 10.1. The van der Waals surface area contributed by atoms with Gasteiger partial charge in [-0.15, -0.1) is 0 Å². The summed E-state index contributed by atoms with van der Waals surface area (Å²) in [6.07, 6.45) is -2.62. The number of phenolic OH excluding ortho intramolecular Hbond substituents is 1. The minimum Gasteiger partial charge on any atom is -0.507 e. The minimum atomic E-state index is -5.68. The topological polar surface area (TPSA) is 113 Å². The molecule has 0 saturated heterocycles. The molecule has 2 rings (SSSR count). The van der Waals surface area contributed by atoms with Crippen LogP contribution in [0.15, 0.2) is 35.9 Å². The Morgan fingerprint density at radius 3 is 2.49 bits per heavy atom. The number of rotatable bonds is 10. The fourth-order valence-electron chi connectivity index (χ4n) is 4.25. The molecule has 0 spiro atoms. The molecule has 0 heterocycles. The number of esters is 1. The third-order valence-electron chi connectivity index (χ3n) is 5.93. The number of aryl methyl sites for hydroxylation is 1. The Morgan fingerprint density at radius 2 is 1.94 bits per heavy atom. The maximum Gasteiger partial charge on any atom is 0.470 e. The third kappa shape index (κ3) is 8.20. The molecule has 0 bridgehead atoms. The fourth-order valence-corrected chi connectivity index (χ4v) is 4.73. The maximum atomic E-state index is 13.4. The number of hydrogen-bond donors (Lipinski definition) is 3. The molecule has 3 atom stereocenters. The number of carbonyl (C=O) groups is 1. The lowest BCUT2D eigenvalue weighted by Crippen LogP contribution is -2.41. The molecule has 7 nitrogen and oxygen atoms in total. The van der Waals surface area contributed by atoms with Crippen LogP contribution in [0.2, 0.25) is 0 Å². The molecule has 0 aromatic heterocycles. The molecule has 1 aliphatic carbocycles. The molecule has 1 unspecified atom stereocenters. The van der Waals surface area contributed by atoms with Gasteiger partial charge in [0, 0.05) is 11.5 Å². The molecule has 1 aromatic carbocycles. The van der Waals surface area contributed by atoms with Crippen molar-refractivity contribution in [2.45, 2.75) is 77.5 Å². The van der Waals surface area contributed by atoms with Crippen molar-refractivity contribution in [1.82, 2.24) is 0 Å².